The Morgan fingerprint density at radius 3 is 2.59 bits per heavy atom. The first kappa shape index (κ1) is 13.3. The van der Waals surface area contributed by atoms with E-state index in [1.165, 1.54) is 14.2 Å². The van der Waals surface area contributed by atoms with E-state index in [-0.39, 0.29) is 6.04 Å². The number of nitrogens with zero attached hydrogens (tertiary/aromatic N) is 2. The predicted molar refractivity (Wildman–Crippen MR) is 78.6 cm³/mol. The molecule has 92 valence electrons. The average Bonchev–Trinajstić information content (AvgIpc) is 2.77. The van der Waals surface area contributed by atoms with E-state index >= 15 is 0 Å². The molecule has 17 heavy (non-hydrogen) atoms. The van der Waals surface area contributed by atoms with Crippen LogP contribution in [0.1, 0.15) is 22.2 Å². The summed E-state index contributed by atoms with van der Waals surface area (Å²) in [5.41, 5.74) is 2.41. The van der Waals surface area contributed by atoms with Crippen LogP contribution in [-0.2, 0) is 7.05 Å². The number of aromatic nitrogens is 2. The predicted octanol–water partition coefficient (Wildman–Crippen LogP) is 3.62. The molecule has 1 unspecified atom stereocenters. The van der Waals surface area contributed by atoms with Crippen LogP contribution >= 0.6 is 43.2 Å². The number of hydrogen-bond donors (Lipinski definition) is 1. The minimum atomic E-state index is 0.159. The van der Waals surface area contributed by atoms with Gasteiger partial charge in [0.2, 0.25) is 0 Å². The molecule has 2 aromatic heterocycles. The Morgan fingerprint density at radius 1 is 1.47 bits per heavy atom. The Bertz CT molecular complexity index is 494. The summed E-state index contributed by atoms with van der Waals surface area (Å²) in [4.78, 5) is 1.28. The number of thiophene rings is 1. The molecule has 0 radical (unpaired) electrons. The zero-order chi connectivity index (χ0) is 12.6. The largest absolute Gasteiger partial charge is 0.307 e. The molecular formula is C11H13Br2N3S. The fraction of sp³-hybridized carbons (Fsp3) is 0.364. The zero-order valence-corrected chi connectivity index (χ0v) is 13.8. The normalized spacial score (nSPS) is 13.0. The van der Waals surface area contributed by atoms with Crippen LogP contribution in [0.4, 0.5) is 0 Å². The summed E-state index contributed by atoms with van der Waals surface area (Å²) in [6, 6.07) is 2.36. The highest BCUT2D eigenvalue weighted by Gasteiger charge is 2.21. The quantitative estimate of drug-likeness (QED) is 0.883. The van der Waals surface area contributed by atoms with E-state index in [9.17, 15) is 0 Å². The molecule has 0 bridgehead atoms. The molecule has 2 rings (SSSR count). The van der Waals surface area contributed by atoms with Crippen molar-refractivity contribution < 1.29 is 0 Å². The molecule has 1 atom stereocenters. The van der Waals surface area contributed by atoms with Crippen molar-refractivity contribution in [2.45, 2.75) is 13.0 Å². The standard InChI is InChI=1S/C11H13Br2N3S/c1-6-4-8(17-11(6)13)9(14-2)10-7(12)5-15-16(10)3/h4-5,9,14H,1-3H3. The molecule has 0 aromatic carbocycles. The fourth-order valence-corrected chi connectivity index (χ4v) is 4.05. The van der Waals surface area contributed by atoms with Gasteiger partial charge in [-0.2, -0.15) is 5.10 Å². The molecule has 0 aliphatic heterocycles. The third-order valence-electron chi connectivity index (χ3n) is 2.66. The Balaban J connectivity index is 2.47. The molecule has 2 aromatic rings. The van der Waals surface area contributed by atoms with E-state index in [4.69, 9.17) is 0 Å². The van der Waals surface area contributed by atoms with Gasteiger partial charge in [-0.1, -0.05) is 0 Å². The molecular weight excluding hydrogens is 366 g/mol. The second kappa shape index (κ2) is 5.22. The molecule has 2 heterocycles. The molecule has 0 saturated heterocycles. The maximum atomic E-state index is 4.26. The Hall–Kier alpha value is -0.170. The maximum Gasteiger partial charge on any atom is 0.0851 e. The summed E-state index contributed by atoms with van der Waals surface area (Å²) in [5, 5.41) is 7.60. The molecule has 0 saturated carbocycles. The molecule has 0 amide bonds. The van der Waals surface area contributed by atoms with Crippen LogP contribution in [0.2, 0.25) is 0 Å². The van der Waals surface area contributed by atoms with Crippen LogP contribution in [0.3, 0.4) is 0 Å². The molecule has 0 aliphatic carbocycles. The first-order valence-corrected chi connectivity index (χ1v) is 7.55. The summed E-state index contributed by atoms with van der Waals surface area (Å²) in [5.74, 6) is 0. The summed E-state index contributed by atoms with van der Waals surface area (Å²) >= 11 is 8.88. The lowest BCUT2D eigenvalue weighted by Crippen LogP contribution is -2.20. The molecule has 0 spiro atoms. The first-order valence-electron chi connectivity index (χ1n) is 5.15. The van der Waals surface area contributed by atoms with Crippen molar-refractivity contribution in [3.63, 3.8) is 0 Å². The zero-order valence-electron chi connectivity index (χ0n) is 9.79. The lowest BCUT2D eigenvalue weighted by Gasteiger charge is -2.15. The highest BCUT2D eigenvalue weighted by atomic mass is 79.9. The first-order chi connectivity index (χ1) is 8.04. The number of halogens is 2. The summed E-state index contributed by atoms with van der Waals surface area (Å²) in [6.07, 6.45) is 1.83. The van der Waals surface area contributed by atoms with Crippen molar-refractivity contribution in [3.8, 4) is 0 Å². The van der Waals surface area contributed by atoms with E-state index in [0.29, 0.717) is 0 Å². The number of aryl methyl sites for hydroxylation is 2. The van der Waals surface area contributed by atoms with Crippen molar-refractivity contribution in [3.05, 3.63) is 36.7 Å². The van der Waals surface area contributed by atoms with Crippen molar-refractivity contribution in [1.82, 2.24) is 15.1 Å². The van der Waals surface area contributed by atoms with Gasteiger partial charge >= 0.3 is 0 Å². The van der Waals surface area contributed by atoms with Crippen molar-refractivity contribution in [1.29, 1.82) is 0 Å². The van der Waals surface area contributed by atoms with Gasteiger partial charge in [-0.15, -0.1) is 11.3 Å². The van der Waals surface area contributed by atoms with Gasteiger partial charge in [-0.05, 0) is 57.5 Å². The number of nitrogens with one attached hydrogen (secondary N) is 1. The Morgan fingerprint density at radius 2 is 2.18 bits per heavy atom. The number of hydrogen-bond acceptors (Lipinski definition) is 3. The van der Waals surface area contributed by atoms with Gasteiger partial charge in [0.05, 0.1) is 26.2 Å². The smallest absolute Gasteiger partial charge is 0.0851 e. The molecule has 0 aliphatic rings. The van der Waals surface area contributed by atoms with Gasteiger partial charge in [0.25, 0.3) is 0 Å². The van der Waals surface area contributed by atoms with Gasteiger partial charge in [0, 0.05) is 11.9 Å². The van der Waals surface area contributed by atoms with Crippen molar-refractivity contribution >= 4 is 43.2 Å². The maximum absolute atomic E-state index is 4.26. The van der Waals surface area contributed by atoms with Gasteiger partial charge in [0.15, 0.2) is 0 Å². The minimum absolute atomic E-state index is 0.159. The number of rotatable bonds is 3. The van der Waals surface area contributed by atoms with Gasteiger partial charge in [-0.25, -0.2) is 0 Å². The van der Waals surface area contributed by atoms with Gasteiger partial charge in [-0.3, -0.25) is 4.68 Å². The van der Waals surface area contributed by atoms with Crippen molar-refractivity contribution in [2.24, 2.45) is 7.05 Å². The second-order valence-corrected chi connectivity index (χ2v) is 7.08. The summed E-state index contributed by atoms with van der Waals surface area (Å²) < 4.78 is 4.11. The van der Waals surface area contributed by atoms with Crippen molar-refractivity contribution in [2.75, 3.05) is 7.05 Å². The van der Waals surface area contributed by atoms with Crippen LogP contribution in [-0.4, -0.2) is 16.8 Å². The topological polar surface area (TPSA) is 29.9 Å². The van der Waals surface area contributed by atoms with Crippen LogP contribution in [0, 0.1) is 6.92 Å². The second-order valence-electron chi connectivity index (χ2n) is 3.83. The molecule has 3 nitrogen and oxygen atoms in total. The monoisotopic (exact) mass is 377 g/mol. The molecule has 0 fully saturated rings. The fourth-order valence-electron chi connectivity index (χ4n) is 1.78. The van der Waals surface area contributed by atoms with Crippen LogP contribution in [0.25, 0.3) is 0 Å². The Kier molecular flexibility index (Phi) is 4.07. The van der Waals surface area contributed by atoms with E-state index in [1.807, 2.05) is 25.0 Å². The van der Waals surface area contributed by atoms with Crippen LogP contribution < -0.4 is 5.32 Å². The van der Waals surface area contributed by atoms with Gasteiger partial charge < -0.3 is 5.32 Å². The van der Waals surface area contributed by atoms with E-state index in [1.54, 1.807) is 11.3 Å². The van der Waals surface area contributed by atoms with E-state index in [0.717, 1.165) is 10.2 Å². The molecule has 1 N–H and O–H groups in total. The summed E-state index contributed by atoms with van der Waals surface area (Å²) in [6.45, 7) is 2.11. The lowest BCUT2D eigenvalue weighted by atomic mass is 10.1. The van der Waals surface area contributed by atoms with Gasteiger partial charge in [0.1, 0.15) is 0 Å². The van der Waals surface area contributed by atoms with E-state index < -0.39 is 0 Å². The lowest BCUT2D eigenvalue weighted by molar-refractivity contribution is 0.611. The molecule has 6 heteroatoms. The third-order valence-corrected chi connectivity index (χ3v) is 5.47. The average molecular weight is 379 g/mol. The summed E-state index contributed by atoms with van der Waals surface area (Å²) in [7, 11) is 3.92. The third kappa shape index (κ3) is 2.50. The van der Waals surface area contributed by atoms with Crippen LogP contribution in [0.5, 0.6) is 0 Å². The SMILES string of the molecule is CNC(c1cc(C)c(Br)s1)c1c(Br)cnn1C. The minimum Gasteiger partial charge on any atom is -0.307 e. The Labute approximate surface area is 121 Å². The van der Waals surface area contributed by atoms with E-state index in [2.05, 4.69) is 55.3 Å². The highest BCUT2D eigenvalue weighted by Crippen LogP contribution is 2.36. The van der Waals surface area contributed by atoms with Crippen LogP contribution in [0.15, 0.2) is 20.5 Å². The highest BCUT2D eigenvalue weighted by molar-refractivity contribution is 9.11.